The van der Waals surface area contributed by atoms with Crippen molar-refractivity contribution in [3.8, 4) is 0 Å². The highest BCUT2D eigenvalue weighted by Crippen LogP contribution is 2.21. The molecule has 0 nitrogen and oxygen atoms in total. The molecule has 0 aliphatic carbocycles. The first-order chi connectivity index (χ1) is 6.74. The molecule has 0 amide bonds. The molecular formula is C13H19F. The highest BCUT2D eigenvalue weighted by atomic mass is 19.1. The molecule has 0 aromatic heterocycles. The zero-order valence-corrected chi connectivity index (χ0v) is 9.09. The Hall–Kier alpha value is -0.850. The lowest BCUT2D eigenvalue weighted by molar-refractivity contribution is 0.593. The quantitative estimate of drug-likeness (QED) is 0.605. The van der Waals surface area contributed by atoms with Crippen LogP contribution in [-0.4, -0.2) is 0 Å². The molecule has 0 aliphatic heterocycles. The summed E-state index contributed by atoms with van der Waals surface area (Å²) in [7, 11) is 0. The van der Waals surface area contributed by atoms with Gasteiger partial charge in [-0.15, -0.1) is 0 Å². The van der Waals surface area contributed by atoms with Gasteiger partial charge in [-0.1, -0.05) is 45.2 Å². The molecule has 0 heterocycles. The molecule has 0 spiro atoms. The minimum atomic E-state index is -0.144. The highest BCUT2D eigenvalue weighted by Gasteiger charge is 2.04. The zero-order chi connectivity index (χ0) is 10.4. The van der Waals surface area contributed by atoms with Gasteiger partial charge in [0.2, 0.25) is 0 Å². The van der Waals surface area contributed by atoms with Crippen molar-refractivity contribution >= 4 is 0 Å². The van der Waals surface area contributed by atoms with E-state index >= 15 is 0 Å². The van der Waals surface area contributed by atoms with E-state index in [1.54, 1.807) is 12.1 Å². The number of hydrogen-bond donors (Lipinski definition) is 0. The van der Waals surface area contributed by atoms with E-state index in [-0.39, 0.29) is 5.82 Å². The van der Waals surface area contributed by atoms with Gasteiger partial charge in [0, 0.05) is 0 Å². The summed E-state index contributed by atoms with van der Waals surface area (Å²) in [6, 6.07) is 6.88. The molecule has 1 aromatic rings. The van der Waals surface area contributed by atoms with Crippen LogP contribution in [0.1, 0.15) is 51.0 Å². The van der Waals surface area contributed by atoms with Gasteiger partial charge in [0.25, 0.3) is 0 Å². The van der Waals surface area contributed by atoms with Crippen LogP contribution in [0.2, 0.25) is 0 Å². The minimum Gasteiger partial charge on any atom is -0.207 e. The Morgan fingerprint density at radius 3 is 2.36 bits per heavy atom. The first kappa shape index (κ1) is 11.2. The normalized spacial score (nSPS) is 12.8. The van der Waals surface area contributed by atoms with Crippen molar-refractivity contribution in [2.75, 3.05) is 0 Å². The Bertz CT molecular complexity index is 250. The lowest BCUT2D eigenvalue weighted by Crippen LogP contribution is -1.93. The van der Waals surface area contributed by atoms with Crippen molar-refractivity contribution in [2.24, 2.45) is 0 Å². The van der Waals surface area contributed by atoms with Crippen LogP contribution in [0.3, 0.4) is 0 Å². The van der Waals surface area contributed by atoms with Crippen LogP contribution >= 0.6 is 0 Å². The number of hydrogen-bond acceptors (Lipinski definition) is 0. The van der Waals surface area contributed by atoms with E-state index in [0.29, 0.717) is 5.92 Å². The second-order valence-corrected chi connectivity index (χ2v) is 3.95. The number of unbranched alkanes of at least 4 members (excludes halogenated alkanes) is 2. The third-order valence-electron chi connectivity index (χ3n) is 2.68. The summed E-state index contributed by atoms with van der Waals surface area (Å²) in [5.41, 5.74) is 1.25. The van der Waals surface area contributed by atoms with E-state index in [1.807, 2.05) is 12.1 Å². The van der Waals surface area contributed by atoms with Crippen molar-refractivity contribution < 1.29 is 4.39 Å². The van der Waals surface area contributed by atoms with Crippen molar-refractivity contribution in [3.63, 3.8) is 0 Å². The third-order valence-corrected chi connectivity index (χ3v) is 2.68. The second kappa shape index (κ2) is 5.79. The van der Waals surface area contributed by atoms with Gasteiger partial charge in [-0.05, 0) is 30.0 Å². The Labute approximate surface area is 86.2 Å². The molecule has 0 aliphatic rings. The molecule has 14 heavy (non-hydrogen) atoms. The summed E-state index contributed by atoms with van der Waals surface area (Å²) in [6.45, 7) is 4.42. The molecule has 0 saturated carbocycles. The molecule has 1 heteroatoms. The summed E-state index contributed by atoms with van der Waals surface area (Å²) < 4.78 is 12.7. The fraction of sp³-hybridized carbons (Fsp3) is 0.538. The molecule has 1 atom stereocenters. The molecule has 78 valence electrons. The number of rotatable bonds is 5. The van der Waals surface area contributed by atoms with Gasteiger partial charge >= 0.3 is 0 Å². The summed E-state index contributed by atoms with van der Waals surface area (Å²) in [5.74, 6) is 0.414. The van der Waals surface area contributed by atoms with E-state index in [9.17, 15) is 4.39 Å². The first-order valence-electron chi connectivity index (χ1n) is 5.49. The molecule has 0 fully saturated rings. The Balaban J connectivity index is 2.43. The Kier molecular flexibility index (Phi) is 4.64. The van der Waals surface area contributed by atoms with Gasteiger partial charge < -0.3 is 0 Å². The lowest BCUT2D eigenvalue weighted by Gasteiger charge is -2.10. The molecule has 1 aromatic carbocycles. The summed E-state index contributed by atoms with van der Waals surface area (Å²) in [6.07, 6.45) is 5.04. The Morgan fingerprint density at radius 2 is 1.79 bits per heavy atom. The van der Waals surface area contributed by atoms with Crippen molar-refractivity contribution in [2.45, 2.75) is 45.4 Å². The van der Waals surface area contributed by atoms with E-state index in [2.05, 4.69) is 13.8 Å². The largest absolute Gasteiger partial charge is 0.207 e. The predicted molar refractivity (Wildman–Crippen MR) is 59.0 cm³/mol. The summed E-state index contributed by atoms with van der Waals surface area (Å²) >= 11 is 0. The van der Waals surface area contributed by atoms with E-state index in [4.69, 9.17) is 0 Å². The third kappa shape index (κ3) is 3.49. The van der Waals surface area contributed by atoms with Crippen LogP contribution in [0.4, 0.5) is 4.39 Å². The maximum Gasteiger partial charge on any atom is 0.123 e. The van der Waals surface area contributed by atoms with Gasteiger partial charge in [0.05, 0.1) is 0 Å². The fourth-order valence-electron chi connectivity index (χ4n) is 1.66. The maximum absolute atomic E-state index is 12.7. The van der Waals surface area contributed by atoms with Crippen molar-refractivity contribution in [1.29, 1.82) is 0 Å². The standard InChI is InChI=1S/C13H19F/c1-3-4-5-6-11(2)12-7-9-13(14)10-8-12/h7-11H,3-6H2,1-2H3. The van der Waals surface area contributed by atoms with Gasteiger partial charge in [-0.2, -0.15) is 0 Å². The number of halogens is 1. The van der Waals surface area contributed by atoms with Gasteiger partial charge in [0.1, 0.15) is 5.82 Å². The second-order valence-electron chi connectivity index (χ2n) is 3.95. The molecule has 0 bridgehead atoms. The lowest BCUT2D eigenvalue weighted by atomic mass is 9.95. The summed E-state index contributed by atoms with van der Waals surface area (Å²) in [5, 5.41) is 0. The van der Waals surface area contributed by atoms with E-state index in [0.717, 1.165) is 0 Å². The smallest absolute Gasteiger partial charge is 0.123 e. The molecule has 0 radical (unpaired) electrons. The maximum atomic E-state index is 12.7. The van der Waals surface area contributed by atoms with E-state index < -0.39 is 0 Å². The topological polar surface area (TPSA) is 0 Å². The van der Waals surface area contributed by atoms with Gasteiger partial charge in [-0.25, -0.2) is 4.39 Å². The van der Waals surface area contributed by atoms with Crippen LogP contribution < -0.4 is 0 Å². The van der Waals surface area contributed by atoms with Crippen LogP contribution in [0.15, 0.2) is 24.3 Å². The van der Waals surface area contributed by atoms with Gasteiger partial charge in [-0.3, -0.25) is 0 Å². The molecule has 1 unspecified atom stereocenters. The monoisotopic (exact) mass is 194 g/mol. The number of benzene rings is 1. The van der Waals surface area contributed by atoms with Crippen molar-refractivity contribution in [3.05, 3.63) is 35.6 Å². The minimum absolute atomic E-state index is 0.144. The molecule has 1 rings (SSSR count). The Morgan fingerprint density at radius 1 is 1.14 bits per heavy atom. The van der Waals surface area contributed by atoms with Crippen molar-refractivity contribution in [1.82, 2.24) is 0 Å². The summed E-state index contributed by atoms with van der Waals surface area (Å²) in [4.78, 5) is 0. The average molecular weight is 194 g/mol. The molecular weight excluding hydrogens is 175 g/mol. The molecule has 0 saturated heterocycles. The average Bonchev–Trinajstić information content (AvgIpc) is 2.19. The first-order valence-corrected chi connectivity index (χ1v) is 5.49. The highest BCUT2D eigenvalue weighted by molar-refractivity contribution is 5.19. The SMILES string of the molecule is CCCCCC(C)c1ccc(F)cc1. The van der Waals surface area contributed by atoms with Crippen LogP contribution in [0.5, 0.6) is 0 Å². The van der Waals surface area contributed by atoms with Crippen LogP contribution in [0, 0.1) is 5.82 Å². The zero-order valence-electron chi connectivity index (χ0n) is 9.09. The fourth-order valence-corrected chi connectivity index (χ4v) is 1.66. The van der Waals surface area contributed by atoms with Crippen LogP contribution in [-0.2, 0) is 0 Å². The van der Waals surface area contributed by atoms with Crippen LogP contribution in [0.25, 0.3) is 0 Å². The molecule has 0 N–H and O–H groups in total. The van der Waals surface area contributed by atoms with Gasteiger partial charge in [0.15, 0.2) is 0 Å². The predicted octanol–water partition coefficient (Wildman–Crippen LogP) is 4.51. The van der Waals surface area contributed by atoms with E-state index in [1.165, 1.54) is 31.2 Å².